The molecule has 1 amide bonds. The van der Waals surface area contributed by atoms with Crippen molar-refractivity contribution < 1.29 is 14.1 Å². The van der Waals surface area contributed by atoms with Crippen LogP contribution in [0.2, 0.25) is 0 Å². The van der Waals surface area contributed by atoms with Crippen molar-refractivity contribution in [3.8, 4) is 0 Å². The highest BCUT2D eigenvalue weighted by atomic mass is 19.1. The summed E-state index contributed by atoms with van der Waals surface area (Å²) in [6, 6.07) is 2.50. The number of anilines is 1. The number of nitro groups is 1. The number of non-ortho nitro benzene ring substituents is 1. The minimum absolute atomic E-state index is 0.195. The zero-order valence-electron chi connectivity index (χ0n) is 10.1. The van der Waals surface area contributed by atoms with E-state index in [1.54, 1.807) is 13.8 Å². The fraction of sp³-hybridized carbons (Fsp3) is 0.364. The lowest BCUT2D eigenvalue weighted by Gasteiger charge is -2.14. The first-order valence-corrected chi connectivity index (χ1v) is 5.43. The number of amides is 1. The third kappa shape index (κ3) is 3.69. The van der Waals surface area contributed by atoms with E-state index in [1.165, 1.54) is 6.07 Å². The SMILES string of the molecule is CCNC(=O)C(C)Nc1cc(F)cc([N+](=O)[O-])c1. The summed E-state index contributed by atoms with van der Waals surface area (Å²) >= 11 is 0. The standard InChI is InChI=1S/C11H14FN3O3/c1-3-13-11(16)7(2)14-9-4-8(12)5-10(6-9)15(17)18/h4-7,14H,3H2,1-2H3,(H,13,16). The molecule has 0 fully saturated rings. The Morgan fingerprint density at radius 3 is 2.72 bits per heavy atom. The van der Waals surface area contributed by atoms with E-state index in [4.69, 9.17) is 0 Å². The zero-order chi connectivity index (χ0) is 13.7. The molecular formula is C11H14FN3O3. The van der Waals surface area contributed by atoms with Gasteiger partial charge in [-0.25, -0.2) is 4.39 Å². The fourth-order valence-electron chi connectivity index (χ4n) is 1.41. The van der Waals surface area contributed by atoms with E-state index in [9.17, 15) is 19.3 Å². The van der Waals surface area contributed by atoms with Crippen LogP contribution in [0.15, 0.2) is 18.2 Å². The molecule has 0 saturated carbocycles. The number of rotatable bonds is 5. The predicted molar refractivity (Wildman–Crippen MR) is 64.8 cm³/mol. The van der Waals surface area contributed by atoms with Gasteiger partial charge in [0.2, 0.25) is 5.91 Å². The molecule has 0 aliphatic heterocycles. The van der Waals surface area contributed by atoms with E-state index in [-0.39, 0.29) is 17.3 Å². The molecule has 1 rings (SSSR count). The van der Waals surface area contributed by atoms with Crippen molar-refractivity contribution in [2.45, 2.75) is 19.9 Å². The van der Waals surface area contributed by atoms with Crippen molar-refractivity contribution >= 4 is 17.3 Å². The summed E-state index contributed by atoms with van der Waals surface area (Å²) in [6.45, 7) is 3.84. The molecule has 1 aromatic rings. The molecule has 18 heavy (non-hydrogen) atoms. The largest absolute Gasteiger partial charge is 0.374 e. The van der Waals surface area contributed by atoms with Gasteiger partial charge in [0.1, 0.15) is 11.9 Å². The van der Waals surface area contributed by atoms with Crippen LogP contribution in [-0.4, -0.2) is 23.4 Å². The van der Waals surface area contributed by atoms with Crippen LogP contribution < -0.4 is 10.6 Å². The van der Waals surface area contributed by atoms with Gasteiger partial charge in [-0.2, -0.15) is 0 Å². The highest BCUT2D eigenvalue weighted by Gasteiger charge is 2.14. The lowest BCUT2D eigenvalue weighted by molar-refractivity contribution is -0.385. The number of nitrogens with zero attached hydrogens (tertiary/aromatic N) is 1. The lowest BCUT2D eigenvalue weighted by atomic mass is 10.2. The third-order valence-corrected chi connectivity index (χ3v) is 2.22. The summed E-state index contributed by atoms with van der Waals surface area (Å²) in [6.07, 6.45) is 0. The van der Waals surface area contributed by atoms with Crippen LogP contribution in [0, 0.1) is 15.9 Å². The molecule has 0 spiro atoms. The quantitative estimate of drug-likeness (QED) is 0.619. The second-order valence-electron chi connectivity index (χ2n) is 3.72. The second kappa shape index (κ2) is 5.95. The Kier molecular flexibility index (Phi) is 4.59. The number of nitrogens with one attached hydrogen (secondary N) is 2. The van der Waals surface area contributed by atoms with Crippen LogP contribution in [-0.2, 0) is 4.79 Å². The van der Waals surface area contributed by atoms with Gasteiger partial charge in [0.15, 0.2) is 0 Å². The fourth-order valence-corrected chi connectivity index (χ4v) is 1.41. The molecule has 0 aromatic heterocycles. The van der Waals surface area contributed by atoms with Crippen LogP contribution in [0.25, 0.3) is 0 Å². The molecule has 0 aliphatic rings. The van der Waals surface area contributed by atoms with Crippen LogP contribution in [0.4, 0.5) is 15.8 Å². The molecule has 0 heterocycles. The number of hydrogen-bond acceptors (Lipinski definition) is 4. The molecule has 1 atom stereocenters. The average molecular weight is 255 g/mol. The number of benzene rings is 1. The number of likely N-dealkylation sites (N-methyl/N-ethyl adjacent to an activating group) is 1. The maximum atomic E-state index is 13.1. The Bertz CT molecular complexity index is 465. The lowest BCUT2D eigenvalue weighted by Crippen LogP contribution is -2.37. The Morgan fingerprint density at radius 1 is 1.50 bits per heavy atom. The van der Waals surface area contributed by atoms with Crippen molar-refractivity contribution in [2.75, 3.05) is 11.9 Å². The van der Waals surface area contributed by atoms with Crippen LogP contribution in [0.1, 0.15) is 13.8 Å². The van der Waals surface area contributed by atoms with Gasteiger partial charge in [0, 0.05) is 18.3 Å². The molecule has 98 valence electrons. The minimum atomic E-state index is -0.727. The molecule has 0 aliphatic carbocycles. The van der Waals surface area contributed by atoms with Crippen molar-refractivity contribution in [1.82, 2.24) is 5.32 Å². The number of halogens is 1. The van der Waals surface area contributed by atoms with Crippen LogP contribution in [0.5, 0.6) is 0 Å². The maximum absolute atomic E-state index is 13.1. The molecule has 2 N–H and O–H groups in total. The Labute approximate surface area is 103 Å². The number of carbonyl (C=O) groups is 1. The van der Waals surface area contributed by atoms with Gasteiger partial charge < -0.3 is 10.6 Å². The summed E-state index contributed by atoms with van der Waals surface area (Å²) in [5.74, 6) is -0.987. The molecule has 6 nitrogen and oxygen atoms in total. The van der Waals surface area contributed by atoms with E-state index in [0.717, 1.165) is 12.1 Å². The van der Waals surface area contributed by atoms with Gasteiger partial charge >= 0.3 is 0 Å². The first kappa shape index (κ1) is 13.9. The molecule has 1 aromatic carbocycles. The Balaban J connectivity index is 2.84. The summed E-state index contributed by atoms with van der Waals surface area (Å²) in [7, 11) is 0. The summed E-state index contributed by atoms with van der Waals surface area (Å²) in [4.78, 5) is 21.3. The Morgan fingerprint density at radius 2 is 2.17 bits per heavy atom. The highest BCUT2D eigenvalue weighted by Crippen LogP contribution is 2.20. The molecule has 0 saturated heterocycles. The van der Waals surface area contributed by atoms with E-state index >= 15 is 0 Å². The molecule has 0 radical (unpaired) electrons. The molecule has 1 unspecified atom stereocenters. The number of hydrogen-bond donors (Lipinski definition) is 2. The van der Waals surface area contributed by atoms with Crippen molar-refractivity contribution in [2.24, 2.45) is 0 Å². The molecule has 7 heteroatoms. The first-order chi connectivity index (χ1) is 8.43. The summed E-state index contributed by atoms with van der Waals surface area (Å²) in [5, 5.41) is 15.9. The van der Waals surface area contributed by atoms with Gasteiger partial charge in [-0.3, -0.25) is 14.9 Å². The highest BCUT2D eigenvalue weighted by molar-refractivity contribution is 5.84. The maximum Gasteiger partial charge on any atom is 0.274 e. The second-order valence-corrected chi connectivity index (χ2v) is 3.72. The van der Waals surface area contributed by atoms with Gasteiger partial charge in [-0.05, 0) is 19.9 Å². The normalized spacial score (nSPS) is 11.7. The van der Waals surface area contributed by atoms with Crippen molar-refractivity contribution in [3.63, 3.8) is 0 Å². The van der Waals surface area contributed by atoms with E-state index in [2.05, 4.69) is 10.6 Å². The van der Waals surface area contributed by atoms with E-state index in [1.807, 2.05) is 0 Å². The molecule has 0 bridgehead atoms. The van der Waals surface area contributed by atoms with E-state index < -0.39 is 16.8 Å². The first-order valence-electron chi connectivity index (χ1n) is 5.43. The van der Waals surface area contributed by atoms with Crippen molar-refractivity contribution in [3.05, 3.63) is 34.1 Å². The van der Waals surface area contributed by atoms with Gasteiger partial charge in [0.05, 0.1) is 11.0 Å². The van der Waals surface area contributed by atoms with Crippen LogP contribution >= 0.6 is 0 Å². The molecular weight excluding hydrogens is 241 g/mol. The van der Waals surface area contributed by atoms with Gasteiger partial charge in [0.25, 0.3) is 5.69 Å². The topological polar surface area (TPSA) is 84.3 Å². The van der Waals surface area contributed by atoms with Crippen molar-refractivity contribution in [1.29, 1.82) is 0 Å². The monoisotopic (exact) mass is 255 g/mol. The number of nitro benzene ring substituents is 1. The minimum Gasteiger partial charge on any atom is -0.374 e. The van der Waals surface area contributed by atoms with Gasteiger partial charge in [-0.1, -0.05) is 0 Å². The smallest absolute Gasteiger partial charge is 0.274 e. The van der Waals surface area contributed by atoms with E-state index in [0.29, 0.717) is 6.54 Å². The zero-order valence-corrected chi connectivity index (χ0v) is 10.1. The average Bonchev–Trinajstić information content (AvgIpc) is 2.28. The third-order valence-electron chi connectivity index (χ3n) is 2.22. The Hall–Kier alpha value is -2.18. The number of carbonyl (C=O) groups excluding carboxylic acids is 1. The predicted octanol–water partition coefficient (Wildman–Crippen LogP) is 1.67. The van der Waals surface area contributed by atoms with Crippen LogP contribution in [0.3, 0.4) is 0 Å². The summed E-state index contributed by atoms with van der Waals surface area (Å²) in [5.41, 5.74) is -0.166. The van der Waals surface area contributed by atoms with Gasteiger partial charge in [-0.15, -0.1) is 0 Å². The summed E-state index contributed by atoms with van der Waals surface area (Å²) < 4.78 is 13.1.